The Bertz CT molecular complexity index is 1310. The van der Waals surface area contributed by atoms with E-state index >= 15 is 0 Å². The van der Waals surface area contributed by atoms with Crippen molar-refractivity contribution in [2.75, 3.05) is 7.11 Å². The lowest BCUT2D eigenvalue weighted by Crippen LogP contribution is -2.27. The topological polar surface area (TPSA) is 72.9 Å². The standard InChI is InChI=1S/C25H17BrINO5S/c1-32-21-12-16(8-11-20(21)33-24(30)18-4-2-3-5-19(18)26)13-22-23(29)28(25(31)34-22)14-15-6-9-17(27)10-7-15/h2-13H,14H2,1H3/b22-13-. The highest BCUT2D eigenvalue weighted by Crippen LogP contribution is 2.35. The Labute approximate surface area is 222 Å². The number of carbonyl (C=O) groups excluding carboxylic acids is 3. The van der Waals surface area contributed by atoms with E-state index in [4.69, 9.17) is 9.47 Å². The van der Waals surface area contributed by atoms with Gasteiger partial charge in [0, 0.05) is 8.04 Å². The highest BCUT2D eigenvalue weighted by atomic mass is 127. The molecule has 6 nitrogen and oxygen atoms in total. The first-order valence-corrected chi connectivity index (χ1v) is 12.7. The summed E-state index contributed by atoms with van der Waals surface area (Å²) in [6, 6.07) is 19.5. The minimum Gasteiger partial charge on any atom is -0.493 e. The molecular weight excluding hydrogens is 633 g/mol. The average molecular weight is 650 g/mol. The van der Waals surface area contributed by atoms with Crippen molar-refractivity contribution < 1.29 is 23.9 Å². The van der Waals surface area contributed by atoms with E-state index in [0.29, 0.717) is 26.3 Å². The van der Waals surface area contributed by atoms with Gasteiger partial charge in [-0.1, -0.05) is 30.3 Å². The molecule has 1 saturated heterocycles. The van der Waals surface area contributed by atoms with Crippen LogP contribution >= 0.6 is 50.3 Å². The van der Waals surface area contributed by atoms with Crippen molar-refractivity contribution in [2.24, 2.45) is 0 Å². The van der Waals surface area contributed by atoms with E-state index < -0.39 is 5.97 Å². The molecule has 3 aromatic rings. The summed E-state index contributed by atoms with van der Waals surface area (Å²) in [6.45, 7) is 0.214. The van der Waals surface area contributed by atoms with Crippen LogP contribution in [0, 0.1) is 3.57 Å². The van der Waals surface area contributed by atoms with E-state index in [1.807, 2.05) is 24.3 Å². The number of methoxy groups -OCH3 is 1. The first-order valence-electron chi connectivity index (χ1n) is 10.0. The van der Waals surface area contributed by atoms with E-state index in [2.05, 4.69) is 38.5 Å². The van der Waals surface area contributed by atoms with Crippen LogP contribution < -0.4 is 9.47 Å². The molecule has 0 radical (unpaired) electrons. The molecule has 1 fully saturated rings. The van der Waals surface area contributed by atoms with Gasteiger partial charge in [-0.25, -0.2) is 4.79 Å². The van der Waals surface area contributed by atoms with Gasteiger partial charge in [-0.2, -0.15) is 0 Å². The molecule has 1 aliphatic rings. The third-order valence-corrected chi connectivity index (χ3v) is 7.23. The molecule has 0 unspecified atom stereocenters. The van der Waals surface area contributed by atoms with Crippen molar-refractivity contribution in [3.05, 3.63) is 96.4 Å². The molecule has 34 heavy (non-hydrogen) atoms. The molecule has 1 heterocycles. The molecule has 0 aliphatic carbocycles. The van der Waals surface area contributed by atoms with Gasteiger partial charge in [0.15, 0.2) is 11.5 Å². The van der Waals surface area contributed by atoms with Crippen LogP contribution in [0.3, 0.4) is 0 Å². The maximum absolute atomic E-state index is 12.9. The van der Waals surface area contributed by atoms with Crippen LogP contribution in [0.25, 0.3) is 6.08 Å². The van der Waals surface area contributed by atoms with Crippen LogP contribution in [0.2, 0.25) is 0 Å². The van der Waals surface area contributed by atoms with Crippen LogP contribution in [0.15, 0.2) is 76.1 Å². The van der Waals surface area contributed by atoms with Gasteiger partial charge in [0.05, 0.1) is 24.1 Å². The number of thioether (sulfide) groups is 1. The third kappa shape index (κ3) is 5.53. The van der Waals surface area contributed by atoms with E-state index in [0.717, 1.165) is 20.9 Å². The molecule has 1 aliphatic heterocycles. The summed E-state index contributed by atoms with van der Waals surface area (Å²) in [7, 11) is 1.46. The van der Waals surface area contributed by atoms with Crippen molar-refractivity contribution in [1.29, 1.82) is 0 Å². The predicted molar refractivity (Wildman–Crippen MR) is 143 cm³/mol. The van der Waals surface area contributed by atoms with Crippen molar-refractivity contribution in [1.82, 2.24) is 4.90 Å². The minimum atomic E-state index is -0.532. The number of amides is 2. The van der Waals surface area contributed by atoms with Gasteiger partial charge >= 0.3 is 5.97 Å². The van der Waals surface area contributed by atoms with Gasteiger partial charge in [-0.3, -0.25) is 14.5 Å². The molecule has 4 rings (SSSR count). The van der Waals surface area contributed by atoms with Crippen molar-refractivity contribution in [2.45, 2.75) is 6.54 Å². The van der Waals surface area contributed by atoms with E-state index in [1.165, 1.54) is 12.0 Å². The zero-order chi connectivity index (χ0) is 24.2. The second kappa shape index (κ2) is 10.7. The lowest BCUT2D eigenvalue weighted by Gasteiger charge is -2.12. The average Bonchev–Trinajstić information content (AvgIpc) is 3.08. The molecule has 0 saturated carbocycles. The number of rotatable bonds is 6. The zero-order valence-electron chi connectivity index (χ0n) is 17.8. The number of ether oxygens (including phenoxy) is 2. The highest BCUT2D eigenvalue weighted by molar-refractivity contribution is 14.1. The molecule has 0 atom stereocenters. The molecular formula is C25H17BrINO5S. The van der Waals surface area contributed by atoms with Gasteiger partial charge in [0.25, 0.3) is 11.1 Å². The Morgan fingerprint density at radius 3 is 2.50 bits per heavy atom. The summed E-state index contributed by atoms with van der Waals surface area (Å²) >= 11 is 6.43. The molecule has 172 valence electrons. The Kier molecular flexibility index (Phi) is 7.74. The van der Waals surface area contributed by atoms with Gasteiger partial charge in [-0.05, 0) is 104 Å². The minimum absolute atomic E-state index is 0.214. The SMILES string of the molecule is COc1cc(/C=C2\SC(=O)N(Cc3ccc(I)cc3)C2=O)ccc1OC(=O)c1ccccc1Br. The number of esters is 1. The van der Waals surface area contributed by atoms with E-state index in [1.54, 1.807) is 48.5 Å². The number of nitrogens with zero attached hydrogens (tertiary/aromatic N) is 1. The van der Waals surface area contributed by atoms with E-state index in [9.17, 15) is 14.4 Å². The van der Waals surface area contributed by atoms with Gasteiger partial charge < -0.3 is 9.47 Å². The van der Waals surface area contributed by atoms with Crippen LogP contribution in [0.5, 0.6) is 11.5 Å². The van der Waals surface area contributed by atoms with Crippen molar-refractivity contribution in [3.8, 4) is 11.5 Å². The monoisotopic (exact) mass is 649 g/mol. The van der Waals surface area contributed by atoms with Crippen LogP contribution in [0.4, 0.5) is 4.79 Å². The number of benzene rings is 3. The largest absolute Gasteiger partial charge is 0.493 e. The Morgan fingerprint density at radius 1 is 1.06 bits per heavy atom. The van der Waals surface area contributed by atoms with Crippen molar-refractivity contribution >= 4 is 73.5 Å². The molecule has 0 spiro atoms. The fraction of sp³-hybridized carbons (Fsp3) is 0.0800. The van der Waals surface area contributed by atoms with Crippen molar-refractivity contribution in [3.63, 3.8) is 0 Å². The van der Waals surface area contributed by atoms with Crippen LogP contribution in [-0.2, 0) is 11.3 Å². The maximum atomic E-state index is 12.9. The first kappa shape index (κ1) is 24.5. The summed E-state index contributed by atoms with van der Waals surface area (Å²) in [5, 5.41) is -0.319. The van der Waals surface area contributed by atoms with Gasteiger partial charge in [0.1, 0.15) is 0 Å². The predicted octanol–water partition coefficient (Wildman–Crippen LogP) is 6.52. The van der Waals surface area contributed by atoms with Crippen LogP contribution in [-0.4, -0.2) is 29.1 Å². The summed E-state index contributed by atoms with van der Waals surface area (Å²) in [4.78, 5) is 39.4. The molecule has 0 bridgehead atoms. The molecule has 0 aromatic heterocycles. The summed E-state index contributed by atoms with van der Waals surface area (Å²) in [6.07, 6.45) is 1.63. The molecule has 0 N–H and O–H groups in total. The molecule has 2 amide bonds. The Balaban J connectivity index is 1.52. The number of hydrogen-bond donors (Lipinski definition) is 0. The fourth-order valence-electron chi connectivity index (χ4n) is 3.20. The second-order valence-electron chi connectivity index (χ2n) is 7.17. The Morgan fingerprint density at radius 2 is 1.79 bits per heavy atom. The highest BCUT2D eigenvalue weighted by Gasteiger charge is 2.35. The maximum Gasteiger partial charge on any atom is 0.344 e. The number of halogens is 2. The fourth-order valence-corrected chi connectivity index (χ4v) is 4.84. The summed E-state index contributed by atoms with van der Waals surface area (Å²) in [5.41, 5.74) is 1.90. The third-order valence-electron chi connectivity index (χ3n) is 4.91. The quantitative estimate of drug-likeness (QED) is 0.131. The van der Waals surface area contributed by atoms with Crippen LogP contribution in [0.1, 0.15) is 21.5 Å². The second-order valence-corrected chi connectivity index (χ2v) is 10.3. The number of imide groups is 1. The lowest BCUT2D eigenvalue weighted by molar-refractivity contribution is -0.123. The zero-order valence-corrected chi connectivity index (χ0v) is 22.3. The normalized spacial score (nSPS) is 14.6. The van der Waals surface area contributed by atoms with E-state index in [-0.39, 0.29) is 23.4 Å². The first-order chi connectivity index (χ1) is 16.4. The smallest absolute Gasteiger partial charge is 0.344 e. The molecule has 3 aromatic carbocycles. The Hall–Kier alpha value is -2.63. The summed E-state index contributed by atoms with van der Waals surface area (Å²) in [5.74, 6) is -0.313. The molecule has 9 heteroatoms. The van der Waals surface area contributed by atoms with Gasteiger partial charge in [0.2, 0.25) is 0 Å². The number of hydrogen-bond acceptors (Lipinski definition) is 6. The number of carbonyl (C=O) groups is 3. The lowest BCUT2D eigenvalue weighted by atomic mass is 10.1. The van der Waals surface area contributed by atoms with Gasteiger partial charge in [-0.15, -0.1) is 0 Å². The summed E-state index contributed by atoms with van der Waals surface area (Å²) < 4.78 is 12.6.